The van der Waals surface area contributed by atoms with Gasteiger partial charge in [0.05, 0.1) is 17.3 Å². The SMILES string of the molecule is O=C(Nc1ccc(Cl)cc1Cl)N1CCCc2c([nH]c3ccccc23)C1. The first-order valence-corrected chi connectivity index (χ1v) is 8.97. The third-order valence-electron chi connectivity index (χ3n) is 4.57. The summed E-state index contributed by atoms with van der Waals surface area (Å²) in [6.07, 6.45) is 1.89. The Bertz CT molecular complexity index is 951. The summed E-state index contributed by atoms with van der Waals surface area (Å²) in [7, 11) is 0. The van der Waals surface area contributed by atoms with Crippen LogP contribution in [-0.4, -0.2) is 22.5 Å². The van der Waals surface area contributed by atoms with Crippen LogP contribution in [0.3, 0.4) is 0 Å². The van der Waals surface area contributed by atoms with E-state index in [0.29, 0.717) is 28.8 Å². The number of H-pyrrole nitrogens is 1. The molecule has 2 amide bonds. The van der Waals surface area contributed by atoms with Crippen molar-refractivity contribution in [1.82, 2.24) is 9.88 Å². The van der Waals surface area contributed by atoms with Gasteiger partial charge in [-0.3, -0.25) is 0 Å². The lowest BCUT2D eigenvalue weighted by Gasteiger charge is -2.21. The second-order valence-electron chi connectivity index (χ2n) is 6.21. The number of benzene rings is 2. The van der Waals surface area contributed by atoms with Gasteiger partial charge in [-0.2, -0.15) is 0 Å². The number of nitrogens with one attached hydrogen (secondary N) is 2. The number of aryl methyl sites for hydroxylation is 1. The van der Waals surface area contributed by atoms with E-state index in [-0.39, 0.29) is 6.03 Å². The van der Waals surface area contributed by atoms with Gasteiger partial charge in [-0.05, 0) is 42.7 Å². The van der Waals surface area contributed by atoms with Crippen molar-refractivity contribution in [2.45, 2.75) is 19.4 Å². The molecule has 4 nitrogen and oxygen atoms in total. The summed E-state index contributed by atoms with van der Waals surface area (Å²) in [4.78, 5) is 18.0. The highest BCUT2D eigenvalue weighted by molar-refractivity contribution is 6.36. The van der Waals surface area contributed by atoms with Crippen LogP contribution in [0.1, 0.15) is 17.7 Å². The maximum absolute atomic E-state index is 12.7. The summed E-state index contributed by atoms with van der Waals surface area (Å²) in [5, 5.41) is 5.11. The van der Waals surface area contributed by atoms with Crippen molar-refractivity contribution in [3.8, 4) is 0 Å². The van der Waals surface area contributed by atoms with Crippen molar-refractivity contribution in [2.24, 2.45) is 0 Å². The Morgan fingerprint density at radius 2 is 2.00 bits per heavy atom. The highest BCUT2D eigenvalue weighted by atomic mass is 35.5. The van der Waals surface area contributed by atoms with E-state index in [9.17, 15) is 4.79 Å². The van der Waals surface area contributed by atoms with Gasteiger partial charge in [-0.25, -0.2) is 4.79 Å². The Kier molecular flexibility index (Phi) is 4.32. The quantitative estimate of drug-likeness (QED) is 0.584. The Morgan fingerprint density at radius 1 is 1.16 bits per heavy atom. The third-order valence-corrected chi connectivity index (χ3v) is 5.11. The van der Waals surface area contributed by atoms with Gasteiger partial charge in [-0.1, -0.05) is 41.4 Å². The topological polar surface area (TPSA) is 48.1 Å². The minimum atomic E-state index is -0.157. The minimum absolute atomic E-state index is 0.157. The van der Waals surface area contributed by atoms with Gasteiger partial charge < -0.3 is 15.2 Å². The minimum Gasteiger partial charge on any atom is -0.357 e. The zero-order valence-electron chi connectivity index (χ0n) is 13.5. The molecule has 1 aliphatic heterocycles. The van der Waals surface area contributed by atoms with Gasteiger partial charge in [0.1, 0.15) is 0 Å². The highest BCUT2D eigenvalue weighted by Crippen LogP contribution is 2.29. The summed E-state index contributed by atoms with van der Waals surface area (Å²) in [5.74, 6) is 0. The Balaban J connectivity index is 1.57. The molecule has 2 N–H and O–H groups in total. The van der Waals surface area contributed by atoms with E-state index >= 15 is 0 Å². The lowest BCUT2D eigenvalue weighted by molar-refractivity contribution is 0.209. The maximum atomic E-state index is 12.7. The van der Waals surface area contributed by atoms with Gasteiger partial charge >= 0.3 is 6.03 Å². The molecule has 128 valence electrons. The molecule has 0 saturated heterocycles. The second kappa shape index (κ2) is 6.62. The molecule has 0 aliphatic carbocycles. The predicted octanol–water partition coefficient (Wildman–Crippen LogP) is 5.46. The molecule has 0 spiro atoms. The number of anilines is 1. The predicted molar refractivity (Wildman–Crippen MR) is 103 cm³/mol. The summed E-state index contributed by atoms with van der Waals surface area (Å²) in [6, 6.07) is 13.2. The fourth-order valence-corrected chi connectivity index (χ4v) is 3.81. The smallest absolute Gasteiger partial charge is 0.322 e. The third kappa shape index (κ3) is 3.20. The first kappa shape index (κ1) is 16.3. The van der Waals surface area contributed by atoms with E-state index in [0.717, 1.165) is 24.1 Å². The number of nitrogens with zero attached hydrogens (tertiary/aromatic N) is 1. The molecular weight excluding hydrogens is 357 g/mol. The second-order valence-corrected chi connectivity index (χ2v) is 7.05. The first-order valence-electron chi connectivity index (χ1n) is 8.21. The molecule has 2 aromatic carbocycles. The van der Waals surface area contributed by atoms with E-state index in [1.807, 2.05) is 17.0 Å². The van der Waals surface area contributed by atoms with Crippen LogP contribution in [-0.2, 0) is 13.0 Å². The van der Waals surface area contributed by atoms with E-state index in [4.69, 9.17) is 23.2 Å². The van der Waals surface area contributed by atoms with Gasteiger partial charge in [0.2, 0.25) is 0 Å². The summed E-state index contributed by atoms with van der Waals surface area (Å²) >= 11 is 12.1. The van der Waals surface area contributed by atoms with Gasteiger partial charge in [0.15, 0.2) is 0 Å². The van der Waals surface area contributed by atoms with Crippen molar-refractivity contribution in [3.63, 3.8) is 0 Å². The summed E-state index contributed by atoms with van der Waals surface area (Å²) in [6.45, 7) is 1.26. The van der Waals surface area contributed by atoms with Crippen molar-refractivity contribution in [2.75, 3.05) is 11.9 Å². The Morgan fingerprint density at radius 3 is 2.84 bits per heavy atom. The molecule has 0 unspecified atom stereocenters. The van der Waals surface area contributed by atoms with Crippen molar-refractivity contribution in [1.29, 1.82) is 0 Å². The number of carbonyl (C=O) groups excluding carboxylic acids is 1. The van der Waals surface area contributed by atoms with E-state index < -0.39 is 0 Å². The molecular formula is C19H17Cl2N3O. The van der Waals surface area contributed by atoms with Gasteiger partial charge in [0, 0.05) is 28.2 Å². The standard InChI is InChI=1S/C19H17Cl2N3O/c20-12-7-8-17(15(21)10-12)23-19(25)24-9-3-5-14-13-4-1-2-6-16(13)22-18(14)11-24/h1-2,4,6-8,10,22H,3,5,9,11H2,(H,23,25). The number of fused-ring (bicyclic) bond motifs is 3. The van der Waals surface area contributed by atoms with Crippen LogP contribution in [0.25, 0.3) is 10.9 Å². The van der Waals surface area contributed by atoms with Crippen LogP contribution in [0.5, 0.6) is 0 Å². The van der Waals surface area contributed by atoms with Crippen LogP contribution in [0.2, 0.25) is 10.0 Å². The number of aromatic nitrogens is 1. The molecule has 0 bridgehead atoms. The number of aromatic amines is 1. The number of rotatable bonds is 1. The molecule has 0 radical (unpaired) electrons. The van der Waals surface area contributed by atoms with E-state index in [1.165, 1.54) is 10.9 Å². The normalized spacial score (nSPS) is 14.2. The molecule has 2 heterocycles. The maximum Gasteiger partial charge on any atom is 0.322 e. The largest absolute Gasteiger partial charge is 0.357 e. The van der Waals surface area contributed by atoms with Crippen molar-refractivity contribution < 1.29 is 4.79 Å². The molecule has 0 saturated carbocycles. The van der Waals surface area contributed by atoms with Crippen LogP contribution in [0.4, 0.5) is 10.5 Å². The first-order chi connectivity index (χ1) is 12.1. The van der Waals surface area contributed by atoms with Crippen LogP contribution < -0.4 is 5.32 Å². The molecule has 25 heavy (non-hydrogen) atoms. The molecule has 4 rings (SSSR count). The average Bonchev–Trinajstić information content (AvgIpc) is 2.80. The number of halogens is 2. The fourth-order valence-electron chi connectivity index (χ4n) is 3.35. The molecule has 0 atom stereocenters. The Labute approximate surface area is 155 Å². The fraction of sp³-hybridized carbons (Fsp3) is 0.211. The van der Waals surface area contributed by atoms with Gasteiger partial charge in [-0.15, -0.1) is 0 Å². The number of carbonyl (C=O) groups is 1. The molecule has 3 aromatic rings. The monoisotopic (exact) mass is 373 g/mol. The van der Waals surface area contributed by atoms with Crippen LogP contribution in [0.15, 0.2) is 42.5 Å². The molecule has 1 aromatic heterocycles. The van der Waals surface area contributed by atoms with E-state index in [2.05, 4.69) is 22.4 Å². The lowest BCUT2D eigenvalue weighted by Crippen LogP contribution is -2.34. The van der Waals surface area contributed by atoms with Crippen LogP contribution in [0, 0.1) is 0 Å². The molecule has 0 fully saturated rings. The number of hydrogen-bond acceptors (Lipinski definition) is 1. The Hall–Kier alpha value is -2.17. The average molecular weight is 374 g/mol. The summed E-state index contributed by atoms with van der Waals surface area (Å²) in [5.41, 5.74) is 4.11. The molecule has 6 heteroatoms. The summed E-state index contributed by atoms with van der Waals surface area (Å²) < 4.78 is 0. The van der Waals surface area contributed by atoms with Crippen LogP contribution >= 0.6 is 23.2 Å². The number of para-hydroxylation sites is 1. The highest BCUT2D eigenvalue weighted by Gasteiger charge is 2.22. The number of urea groups is 1. The van der Waals surface area contributed by atoms with E-state index in [1.54, 1.807) is 18.2 Å². The number of hydrogen-bond donors (Lipinski definition) is 2. The lowest BCUT2D eigenvalue weighted by atomic mass is 10.1. The van der Waals surface area contributed by atoms with Crippen molar-refractivity contribution in [3.05, 3.63) is 63.8 Å². The van der Waals surface area contributed by atoms with Crippen molar-refractivity contribution >= 4 is 45.8 Å². The molecule has 1 aliphatic rings. The zero-order chi connectivity index (χ0) is 17.4. The zero-order valence-corrected chi connectivity index (χ0v) is 15.0. The van der Waals surface area contributed by atoms with Gasteiger partial charge in [0.25, 0.3) is 0 Å². The number of amides is 2.